The number of nitrogens with zero attached hydrogens (tertiary/aromatic N) is 6. The van der Waals surface area contributed by atoms with E-state index in [0.717, 1.165) is 5.56 Å². The van der Waals surface area contributed by atoms with Gasteiger partial charge in [-0.2, -0.15) is 0 Å². The summed E-state index contributed by atoms with van der Waals surface area (Å²) in [7, 11) is 0. The number of rotatable bonds is 5. The van der Waals surface area contributed by atoms with E-state index in [1.807, 2.05) is 30.3 Å². The van der Waals surface area contributed by atoms with Gasteiger partial charge < -0.3 is 0 Å². The number of benzene rings is 1. The number of carbonyl (C=O) groups excluding carboxylic acids is 1. The molecular formula is C12H11N7OS. The van der Waals surface area contributed by atoms with Gasteiger partial charge in [0, 0.05) is 6.42 Å². The maximum absolute atomic E-state index is 12.4. The second-order valence-electron chi connectivity index (χ2n) is 4.23. The summed E-state index contributed by atoms with van der Waals surface area (Å²) in [6, 6.07) is 9.14. The van der Waals surface area contributed by atoms with E-state index in [-0.39, 0.29) is 5.91 Å². The SMILES string of the molecule is O=C(Nc1nncs1)C(Cc1ccccc1)n1cnnn1. The topological polar surface area (TPSA) is 98.5 Å². The first-order valence-corrected chi connectivity index (χ1v) is 7.04. The van der Waals surface area contributed by atoms with Crippen LogP contribution < -0.4 is 5.32 Å². The molecule has 0 aliphatic carbocycles. The lowest BCUT2D eigenvalue weighted by atomic mass is 10.1. The number of tetrazole rings is 1. The Labute approximate surface area is 123 Å². The van der Waals surface area contributed by atoms with Crippen LogP contribution in [0, 0.1) is 0 Å². The number of nitrogens with one attached hydrogen (secondary N) is 1. The highest BCUT2D eigenvalue weighted by Gasteiger charge is 2.23. The van der Waals surface area contributed by atoms with Crippen LogP contribution in [0.15, 0.2) is 42.2 Å². The maximum Gasteiger partial charge on any atom is 0.251 e. The van der Waals surface area contributed by atoms with Crippen molar-refractivity contribution in [2.75, 3.05) is 5.32 Å². The lowest BCUT2D eigenvalue weighted by Gasteiger charge is -2.15. The summed E-state index contributed by atoms with van der Waals surface area (Å²) in [6.45, 7) is 0. The zero-order valence-corrected chi connectivity index (χ0v) is 11.6. The first kappa shape index (κ1) is 13.3. The zero-order chi connectivity index (χ0) is 14.5. The fourth-order valence-corrected chi connectivity index (χ4v) is 2.32. The van der Waals surface area contributed by atoms with Crippen LogP contribution in [0.3, 0.4) is 0 Å². The van der Waals surface area contributed by atoms with Gasteiger partial charge in [0.2, 0.25) is 5.13 Å². The van der Waals surface area contributed by atoms with Crippen molar-refractivity contribution in [2.45, 2.75) is 12.5 Å². The molecule has 2 aromatic heterocycles. The molecule has 0 radical (unpaired) electrons. The second-order valence-corrected chi connectivity index (χ2v) is 5.06. The molecule has 0 saturated heterocycles. The predicted molar refractivity (Wildman–Crippen MR) is 75.5 cm³/mol. The monoisotopic (exact) mass is 301 g/mol. The molecular weight excluding hydrogens is 290 g/mol. The van der Waals surface area contributed by atoms with Gasteiger partial charge in [-0.15, -0.1) is 15.3 Å². The van der Waals surface area contributed by atoms with Crippen LogP contribution >= 0.6 is 11.3 Å². The van der Waals surface area contributed by atoms with Crippen molar-refractivity contribution in [1.82, 2.24) is 30.4 Å². The van der Waals surface area contributed by atoms with Crippen molar-refractivity contribution < 1.29 is 4.79 Å². The van der Waals surface area contributed by atoms with Gasteiger partial charge in [0.1, 0.15) is 17.9 Å². The number of aromatic nitrogens is 6. The van der Waals surface area contributed by atoms with Crippen LogP contribution in [0.5, 0.6) is 0 Å². The lowest BCUT2D eigenvalue weighted by Crippen LogP contribution is -2.28. The molecule has 1 atom stereocenters. The minimum Gasteiger partial charge on any atom is -0.299 e. The van der Waals surface area contributed by atoms with Gasteiger partial charge in [0.25, 0.3) is 5.91 Å². The molecule has 1 unspecified atom stereocenters. The summed E-state index contributed by atoms with van der Waals surface area (Å²) in [5, 5.41) is 21.7. The third kappa shape index (κ3) is 3.26. The average molecular weight is 301 g/mol. The molecule has 1 amide bonds. The average Bonchev–Trinajstić information content (AvgIpc) is 3.19. The molecule has 8 nitrogen and oxygen atoms in total. The molecule has 0 spiro atoms. The van der Waals surface area contributed by atoms with Gasteiger partial charge in [-0.1, -0.05) is 41.7 Å². The molecule has 9 heteroatoms. The summed E-state index contributed by atoms with van der Waals surface area (Å²) >= 11 is 1.26. The molecule has 0 aliphatic rings. The summed E-state index contributed by atoms with van der Waals surface area (Å²) in [6.07, 6.45) is 1.91. The van der Waals surface area contributed by atoms with Gasteiger partial charge in [0.15, 0.2) is 0 Å². The van der Waals surface area contributed by atoms with E-state index in [4.69, 9.17) is 0 Å². The van der Waals surface area contributed by atoms with E-state index in [1.165, 1.54) is 22.3 Å². The minimum absolute atomic E-state index is 0.233. The van der Waals surface area contributed by atoms with E-state index < -0.39 is 6.04 Å². The van der Waals surface area contributed by atoms with Gasteiger partial charge >= 0.3 is 0 Å². The lowest BCUT2D eigenvalue weighted by molar-refractivity contribution is -0.119. The van der Waals surface area contributed by atoms with Crippen LogP contribution in [-0.4, -0.2) is 36.3 Å². The third-order valence-corrected chi connectivity index (χ3v) is 3.46. The second kappa shape index (κ2) is 6.18. The fraction of sp³-hybridized carbons (Fsp3) is 0.167. The Morgan fingerprint density at radius 3 is 2.81 bits per heavy atom. The number of hydrogen-bond donors (Lipinski definition) is 1. The summed E-state index contributed by atoms with van der Waals surface area (Å²) in [4.78, 5) is 12.4. The molecule has 3 aromatic rings. The molecule has 0 bridgehead atoms. The van der Waals surface area contributed by atoms with Crippen molar-refractivity contribution in [1.29, 1.82) is 0 Å². The van der Waals surface area contributed by atoms with Crippen molar-refractivity contribution in [3.8, 4) is 0 Å². The van der Waals surface area contributed by atoms with Crippen molar-refractivity contribution in [3.05, 3.63) is 47.7 Å². The predicted octanol–water partition coefficient (Wildman–Crippen LogP) is 0.947. The third-order valence-electron chi connectivity index (χ3n) is 2.85. The minimum atomic E-state index is -0.550. The molecule has 3 rings (SSSR count). The number of carbonyl (C=O) groups is 1. The highest BCUT2D eigenvalue weighted by atomic mass is 32.1. The van der Waals surface area contributed by atoms with Gasteiger partial charge in [-0.05, 0) is 16.0 Å². The van der Waals surface area contributed by atoms with Gasteiger partial charge in [-0.25, -0.2) is 4.68 Å². The van der Waals surface area contributed by atoms with E-state index in [9.17, 15) is 4.79 Å². The number of anilines is 1. The van der Waals surface area contributed by atoms with Gasteiger partial charge in [0.05, 0.1) is 0 Å². The van der Waals surface area contributed by atoms with Crippen molar-refractivity contribution >= 4 is 22.4 Å². The van der Waals surface area contributed by atoms with E-state index in [2.05, 4.69) is 31.0 Å². The van der Waals surface area contributed by atoms with Crippen LogP contribution in [0.1, 0.15) is 11.6 Å². The molecule has 0 aliphatic heterocycles. The molecule has 0 saturated carbocycles. The van der Waals surface area contributed by atoms with Crippen LogP contribution in [-0.2, 0) is 11.2 Å². The molecule has 21 heavy (non-hydrogen) atoms. The van der Waals surface area contributed by atoms with Gasteiger partial charge in [-0.3, -0.25) is 10.1 Å². The Morgan fingerprint density at radius 1 is 1.29 bits per heavy atom. The Hall–Kier alpha value is -2.68. The first-order chi connectivity index (χ1) is 10.3. The van der Waals surface area contributed by atoms with Crippen molar-refractivity contribution in [3.63, 3.8) is 0 Å². The number of amides is 1. The Bertz CT molecular complexity index is 684. The molecule has 1 N–H and O–H groups in total. The number of hydrogen-bond acceptors (Lipinski definition) is 7. The molecule has 1 aromatic carbocycles. The summed E-state index contributed by atoms with van der Waals surface area (Å²) in [5.41, 5.74) is 2.57. The largest absolute Gasteiger partial charge is 0.299 e. The quantitative estimate of drug-likeness (QED) is 0.753. The van der Waals surface area contributed by atoms with Crippen LogP contribution in [0.2, 0.25) is 0 Å². The highest BCUT2D eigenvalue weighted by Crippen LogP contribution is 2.16. The van der Waals surface area contributed by atoms with E-state index in [0.29, 0.717) is 11.6 Å². The normalized spacial score (nSPS) is 12.0. The molecule has 0 fully saturated rings. The fourth-order valence-electron chi connectivity index (χ4n) is 1.87. The maximum atomic E-state index is 12.4. The summed E-state index contributed by atoms with van der Waals surface area (Å²) < 4.78 is 1.43. The van der Waals surface area contributed by atoms with Crippen LogP contribution in [0.4, 0.5) is 5.13 Å². The van der Waals surface area contributed by atoms with Crippen molar-refractivity contribution in [2.24, 2.45) is 0 Å². The Kier molecular flexibility index (Phi) is 3.92. The summed E-state index contributed by atoms with van der Waals surface area (Å²) in [5.74, 6) is -0.233. The smallest absolute Gasteiger partial charge is 0.251 e. The first-order valence-electron chi connectivity index (χ1n) is 6.16. The zero-order valence-electron chi connectivity index (χ0n) is 10.8. The van der Waals surface area contributed by atoms with Crippen LogP contribution in [0.25, 0.3) is 0 Å². The van der Waals surface area contributed by atoms with E-state index >= 15 is 0 Å². The molecule has 2 heterocycles. The highest BCUT2D eigenvalue weighted by molar-refractivity contribution is 7.13. The molecule has 106 valence electrons. The standard InChI is InChI=1S/C12H11N7OS/c20-11(15-12-16-14-8-21-12)10(19-7-13-17-18-19)6-9-4-2-1-3-5-9/h1-5,7-8,10H,6H2,(H,15,16,20). The van der Waals surface area contributed by atoms with E-state index in [1.54, 1.807) is 5.51 Å². The Balaban J connectivity index is 1.81. The Morgan fingerprint density at radius 2 is 2.14 bits per heavy atom.